The molecule has 0 aliphatic carbocycles. The molecule has 1 heterocycles. The Balaban J connectivity index is 2.43. The summed E-state index contributed by atoms with van der Waals surface area (Å²) in [6.45, 7) is 4.58. The van der Waals surface area contributed by atoms with E-state index in [4.69, 9.17) is 18.6 Å². The molecule has 0 spiro atoms. The van der Waals surface area contributed by atoms with Crippen molar-refractivity contribution in [2.24, 2.45) is 0 Å². The van der Waals surface area contributed by atoms with Gasteiger partial charge in [0.25, 0.3) is 5.91 Å². The van der Waals surface area contributed by atoms with Crippen LogP contribution in [0.5, 0.6) is 0 Å². The molecule has 1 saturated heterocycles. The van der Waals surface area contributed by atoms with Crippen LogP contribution < -0.4 is 4.90 Å². The third-order valence-corrected chi connectivity index (χ3v) is 3.42. The van der Waals surface area contributed by atoms with Crippen molar-refractivity contribution in [1.82, 2.24) is 4.90 Å². The second kappa shape index (κ2) is 4.79. The lowest BCUT2D eigenvalue weighted by Crippen LogP contribution is -2.33. The fourth-order valence-electron chi connectivity index (χ4n) is 2.16. The van der Waals surface area contributed by atoms with Crippen molar-refractivity contribution in [3.63, 3.8) is 0 Å². The van der Waals surface area contributed by atoms with E-state index in [9.17, 15) is 4.79 Å². The summed E-state index contributed by atoms with van der Waals surface area (Å²) in [7, 11) is 0. The van der Waals surface area contributed by atoms with Gasteiger partial charge in [0.1, 0.15) is 6.54 Å². The lowest BCUT2D eigenvalue weighted by molar-refractivity contribution is -0.116. The minimum absolute atomic E-state index is 0.0207. The molecule has 92 valence electrons. The van der Waals surface area contributed by atoms with E-state index in [-0.39, 0.29) is 12.5 Å². The topological polar surface area (TPSA) is 23.6 Å². The van der Waals surface area contributed by atoms with Crippen LogP contribution in [0.1, 0.15) is 11.1 Å². The largest absolute Gasteiger partial charge is 0.328 e. The molecule has 0 saturated carbocycles. The second-order valence-electron chi connectivity index (χ2n) is 4.31. The van der Waals surface area contributed by atoms with Gasteiger partial charge < -0.3 is 4.90 Å². The van der Waals surface area contributed by atoms with Gasteiger partial charge in [-0.05, 0) is 37.2 Å². The van der Waals surface area contributed by atoms with E-state index < -0.39 is 0 Å². The highest BCUT2D eigenvalue weighted by Crippen LogP contribution is 2.28. The minimum Gasteiger partial charge on any atom is -0.328 e. The molecule has 0 radical (unpaired) electrons. The first-order chi connectivity index (χ1) is 8.56. The molecule has 0 unspecified atom stereocenters. The lowest BCUT2D eigenvalue weighted by atomic mass is 10.1. The predicted molar refractivity (Wildman–Crippen MR) is 76.4 cm³/mol. The number of rotatable bonds is 2. The quantitative estimate of drug-likeness (QED) is 0.597. The summed E-state index contributed by atoms with van der Waals surface area (Å²) in [6.07, 6.45) is 5.28. The molecule has 4 heteroatoms. The number of thiocarbonyl (C=S) groups is 1. The van der Waals surface area contributed by atoms with E-state index in [0.29, 0.717) is 11.7 Å². The summed E-state index contributed by atoms with van der Waals surface area (Å²) in [6, 6.07) is 5.92. The Labute approximate surface area is 112 Å². The molecule has 1 aliphatic rings. The van der Waals surface area contributed by atoms with Gasteiger partial charge in [-0.3, -0.25) is 9.69 Å². The summed E-state index contributed by atoms with van der Waals surface area (Å²) in [5.74, 6) is 2.50. The minimum atomic E-state index is -0.0207. The zero-order valence-corrected chi connectivity index (χ0v) is 11.3. The van der Waals surface area contributed by atoms with Crippen LogP contribution in [0.4, 0.5) is 5.69 Å². The zero-order chi connectivity index (χ0) is 13.3. The van der Waals surface area contributed by atoms with Gasteiger partial charge in [0.15, 0.2) is 5.11 Å². The van der Waals surface area contributed by atoms with E-state index in [1.54, 1.807) is 9.80 Å². The van der Waals surface area contributed by atoms with Gasteiger partial charge in [0, 0.05) is 0 Å². The third-order valence-electron chi connectivity index (χ3n) is 2.98. The van der Waals surface area contributed by atoms with Crippen LogP contribution in [-0.2, 0) is 4.79 Å². The molecular formula is C14H14N2OS. The fraction of sp³-hybridized carbons (Fsp3) is 0.286. The molecule has 1 amide bonds. The number of aryl methyl sites for hydroxylation is 2. The lowest BCUT2D eigenvalue weighted by Gasteiger charge is -2.22. The highest BCUT2D eigenvalue weighted by atomic mass is 32.1. The second-order valence-corrected chi connectivity index (χ2v) is 4.68. The van der Waals surface area contributed by atoms with Crippen molar-refractivity contribution < 1.29 is 4.79 Å². The van der Waals surface area contributed by atoms with Crippen LogP contribution in [0.2, 0.25) is 0 Å². The number of carbonyl (C=O) groups excluding carboxylic acids is 1. The number of benzene rings is 1. The van der Waals surface area contributed by atoms with Gasteiger partial charge in [-0.25, -0.2) is 0 Å². The molecular weight excluding hydrogens is 244 g/mol. The molecule has 0 bridgehead atoms. The Morgan fingerprint density at radius 3 is 2.56 bits per heavy atom. The normalized spacial score (nSPS) is 15.2. The van der Waals surface area contributed by atoms with E-state index in [1.807, 2.05) is 32.0 Å². The number of terminal acetylenes is 1. The summed E-state index contributed by atoms with van der Waals surface area (Å²) < 4.78 is 0. The highest BCUT2D eigenvalue weighted by molar-refractivity contribution is 7.80. The van der Waals surface area contributed by atoms with E-state index in [2.05, 4.69) is 5.92 Å². The third kappa shape index (κ3) is 1.98. The van der Waals surface area contributed by atoms with Crippen LogP contribution in [0.25, 0.3) is 0 Å². The van der Waals surface area contributed by atoms with Crippen molar-refractivity contribution in [3.05, 3.63) is 29.3 Å². The molecule has 18 heavy (non-hydrogen) atoms. The van der Waals surface area contributed by atoms with Gasteiger partial charge >= 0.3 is 0 Å². The van der Waals surface area contributed by atoms with Gasteiger partial charge in [-0.15, -0.1) is 6.42 Å². The first-order valence-electron chi connectivity index (χ1n) is 5.67. The van der Waals surface area contributed by atoms with E-state index >= 15 is 0 Å². The first kappa shape index (κ1) is 12.6. The van der Waals surface area contributed by atoms with Crippen molar-refractivity contribution >= 4 is 28.9 Å². The summed E-state index contributed by atoms with van der Waals surface area (Å²) in [5, 5.41) is 0.496. The molecule has 0 N–H and O–H groups in total. The standard InChI is InChI=1S/C14H14N2OS/c1-4-8-15-9-12(17)16(14(15)18)13-10(2)6-5-7-11(13)3/h1,5-7H,8-9H2,2-3H3. The zero-order valence-electron chi connectivity index (χ0n) is 10.4. The van der Waals surface area contributed by atoms with Crippen molar-refractivity contribution in [2.45, 2.75) is 13.8 Å². The fourth-order valence-corrected chi connectivity index (χ4v) is 2.48. The van der Waals surface area contributed by atoms with Crippen molar-refractivity contribution in [2.75, 3.05) is 18.0 Å². The maximum atomic E-state index is 12.1. The number of hydrogen-bond donors (Lipinski definition) is 0. The molecule has 1 aromatic rings. The van der Waals surface area contributed by atoms with Crippen LogP contribution >= 0.6 is 12.2 Å². The summed E-state index contributed by atoms with van der Waals surface area (Å²) >= 11 is 5.34. The maximum absolute atomic E-state index is 12.1. The number of amides is 1. The molecule has 0 atom stereocenters. The molecule has 0 aromatic heterocycles. The average Bonchev–Trinajstić information content (AvgIpc) is 2.57. The number of nitrogens with zero attached hydrogens (tertiary/aromatic N) is 2. The maximum Gasteiger partial charge on any atom is 0.252 e. The SMILES string of the molecule is C#CCN1CC(=O)N(c2c(C)cccc2C)C1=S. The number of hydrogen-bond acceptors (Lipinski definition) is 2. The van der Waals surface area contributed by atoms with Crippen molar-refractivity contribution in [3.8, 4) is 12.3 Å². The summed E-state index contributed by atoms with van der Waals surface area (Å²) in [4.78, 5) is 15.4. The Hall–Kier alpha value is -1.86. The monoisotopic (exact) mass is 258 g/mol. The molecule has 1 aromatic carbocycles. The number of anilines is 1. The molecule has 1 aliphatic heterocycles. The molecule has 1 fully saturated rings. The Morgan fingerprint density at radius 1 is 1.39 bits per heavy atom. The predicted octanol–water partition coefficient (Wildman–Crippen LogP) is 1.87. The molecule has 3 nitrogen and oxygen atoms in total. The van der Waals surface area contributed by atoms with E-state index in [1.165, 1.54) is 0 Å². The van der Waals surface area contributed by atoms with Crippen LogP contribution in [0.3, 0.4) is 0 Å². The smallest absolute Gasteiger partial charge is 0.252 e. The van der Waals surface area contributed by atoms with Crippen LogP contribution in [-0.4, -0.2) is 29.0 Å². The first-order valence-corrected chi connectivity index (χ1v) is 6.08. The van der Waals surface area contributed by atoms with Gasteiger partial charge in [-0.2, -0.15) is 0 Å². The van der Waals surface area contributed by atoms with Crippen LogP contribution in [0.15, 0.2) is 18.2 Å². The number of para-hydroxylation sites is 1. The highest BCUT2D eigenvalue weighted by Gasteiger charge is 2.34. The Kier molecular flexibility index (Phi) is 3.35. The van der Waals surface area contributed by atoms with Gasteiger partial charge in [0.05, 0.1) is 12.2 Å². The average molecular weight is 258 g/mol. The van der Waals surface area contributed by atoms with E-state index in [0.717, 1.165) is 16.8 Å². The Bertz CT molecular complexity index is 539. The Morgan fingerprint density at radius 2 is 2.00 bits per heavy atom. The molecule has 2 rings (SSSR count). The van der Waals surface area contributed by atoms with Crippen molar-refractivity contribution in [1.29, 1.82) is 0 Å². The van der Waals surface area contributed by atoms with Gasteiger partial charge in [-0.1, -0.05) is 24.1 Å². The summed E-state index contributed by atoms with van der Waals surface area (Å²) in [5.41, 5.74) is 2.95. The number of carbonyl (C=O) groups is 1. The van der Waals surface area contributed by atoms with Gasteiger partial charge in [0.2, 0.25) is 0 Å². The van der Waals surface area contributed by atoms with Crippen LogP contribution in [0, 0.1) is 26.2 Å².